The molecule has 0 aliphatic carbocycles. The van der Waals surface area contributed by atoms with Crippen molar-refractivity contribution in [3.05, 3.63) is 65.7 Å². The molecule has 2 aromatic rings. The topological polar surface area (TPSA) is 82.1 Å². The molecule has 0 saturated carbocycles. The number of nitrogens with one attached hydrogen (secondary N) is 1. The summed E-state index contributed by atoms with van der Waals surface area (Å²) < 4.78 is 5.64. The van der Waals surface area contributed by atoms with Gasteiger partial charge < -0.3 is 15.2 Å². The minimum Gasteiger partial charge on any atom is -0.493 e. The third-order valence-electron chi connectivity index (χ3n) is 5.47. The van der Waals surface area contributed by atoms with E-state index in [1.807, 2.05) is 54.4 Å². The second-order valence-corrected chi connectivity index (χ2v) is 7.68. The summed E-state index contributed by atoms with van der Waals surface area (Å²) in [6, 6.07) is 16.7. The highest BCUT2D eigenvalue weighted by Crippen LogP contribution is 2.40. The van der Waals surface area contributed by atoms with Crippen molar-refractivity contribution in [3.8, 4) is 5.75 Å². The summed E-state index contributed by atoms with van der Waals surface area (Å²) in [7, 11) is 1.90. The zero-order valence-electron chi connectivity index (χ0n) is 16.4. The summed E-state index contributed by atoms with van der Waals surface area (Å²) in [5.74, 6) is 0.278. The Morgan fingerprint density at radius 3 is 2.69 bits per heavy atom. The molecule has 2 atom stereocenters. The number of aliphatic hydroxyl groups excluding tert-OH is 1. The Labute approximate surface area is 169 Å². The van der Waals surface area contributed by atoms with Crippen molar-refractivity contribution in [3.63, 3.8) is 0 Å². The molecule has 2 heterocycles. The Balaban J connectivity index is 1.43. The van der Waals surface area contributed by atoms with E-state index in [0.29, 0.717) is 37.4 Å². The molecular weight excluding hydrogens is 370 g/mol. The second-order valence-electron chi connectivity index (χ2n) is 7.68. The quantitative estimate of drug-likeness (QED) is 0.728. The number of carbonyl (C=O) groups excluding carboxylic acids is 2. The Hall–Kier alpha value is -2.90. The lowest BCUT2D eigenvalue weighted by atomic mass is 9.84. The van der Waals surface area contributed by atoms with Crippen LogP contribution in [0.1, 0.15) is 17.5 Å². The van der Waals surface area contributed by atoms with Gasteiger partial charge in [0, 0.05) is 25.1 Å². The van der Waals surface area contributed by atoms with E-state index in [0.717, 1.165) is 10.5 Å². The standard InChI is InChI=1S/C22H25N3O4/c1-24(13-16-7-3-2-4-8-16)14-17(26)15-25-20(27)22(23-21(25)28)11-12-29-19-10-6-5-9-18(19)22/h2-10,17,26H,11-15H2,1H3,(H,23,28)/t17-,22-/m0/s1. The fourth-order valence-electron chi connectivity index (χ4n) is 4.13. The number of nitrogens with zero attached hydrogens (tertiary/aromatic N) is 2. The Morgan fingerprint density at radius 2 is 1.90 bits per heavy atom. The molecule has 2 N–H and O–H groups in total. The van der Waals surface area contributed by atoms with Crippen molar-refractivity contribution in [2.45, 2.75) is 24.6 Å². The first-order chi connectivity index (χ1) is 14.0. The van der Waals surface area contributed by atoms with E-state index in [2.05, 4.69) is 5.32 Å². The molecule has 3 amide bonds. The molecule has 7 nitrogen and oxygen atoms in total. The molecule has 0 bridgehead atoms. The van der Waals surface area contributed by atoms with Crippen LogP contribution < -0.4 is 10.1 Å². The number of rotatable bonds is 6. The van der Waals surface area contributed by atoms with E-state index in [4.69, 9.17) is 4.74 Å². The van der Waals surface area contributed by atoms with Gasteiger partial charge >= 0.3 is 6.03 Å². The van der Waals surface area contributed by atoms with Gasteiger partial charge in [-0.1, -0.05) is 48.5 Å². The van der Waals surface area contributed by atoms with Crippen molar-refractivity contribution in [1.29, 1.82) is 0 Å². The van der Waals surface area contributed by atoms with Gasteiger partial charge in [-0.3, -0.25) is 14.6 Å². The van der Waals surface area contributed by atoms with Crippen LogP contribution in [0.15, 0.2) is 54.6 Å². The smallest absolute Gasteiger partial charge is 0.325 e. The van der Waals surface area contributed by atoms with Gasteiger partial charge in [-0.25, -0.2) is 4.79 Å². The molecule has 1 fully saturated rings. The second kappa shape index (κ2) is 7.85. The summed E-state index contributed by atoms with van der Waals surface area (Å²) in [5, 5.41) is 13.4. The van der Waals surface area contributed by atoms with Crippen molar-refractivity contribution in [2.24, 2.45) is 0 Å². The van der Waals surface area contributed by atoms with Crippen LogP contribution in [-0.2, 0) is 16.9 Å². The van der Waals surface area contributed by atoms with E-state index in [1.165, 1.54) is 0 Å². The highest BCUT2D eigenvalue weighted by molar-refractivity contribution is 6.08. The van der Waals surface area contributed by atoms with E-state index >= 15 is 0 Å². The van der Waals surface area contributed by atoms with Gasteiger partial charge in [0.2, 0.25) is 0 Å². The van der Waals surface area contributed by atoms with Gasteiger partial charge in [0.15, 0.2) is 5.54 Å². The van der Waals surface area contributed by atoms with E-state index in [1.54, 1.807) is 12.1 Å². The predicted octanol–water partition coefficient (Wildman–Crippen LogP) is 1.71. The molecule has 1 spiro atoms. The fourth-order valence-corrected chi connectivity index (χ4v) is 4.13. The number of imide groups is 1. The molecule has 2 aromatic carbocycles. The maximum absolute atomic E-state index is 13.2. The van der Waals surface area contributed by atoms with E-state index < -0.39 is 17.7 Å². The molecule has 2 aliphatic heterocycles. The van der Waals surface area contributed by atoms with Gasteiger partial charge in [-0.05, 0) is 18.7 Å². The first-order valence-electron chi connectivity index (χ1n) is 9.76. The number of β-amino-alcohol motifs (C(OH)–C–C–N with tert-alkyl or cyclic N) is 1. The van der Waals surface area contributed by atoms with Crippen LogP contribution in [0.4, 0.5) is 4.79 Å². The van der Waals surface area contributed by atoms with E-state index in [-0.39, 0.29) is 12.5 Å². The molecule has 0 radical (unpaired) electrons. The third kappa shape index (κ3) is 3.71. The van der Waals surface area contributed by atoms with Gasteiger partial charge in [0.25, 0.3) is 5.91 Å². The molecule has 152 valence electrons. The number of amides is 3. The number of likely N-dealkylation sites (N-methyl/N-ethyl adjacent to an activating group) is 1. The van der Waals surface area contributed by atoms with Crippen LogP contribution in [0.5, 0.6) is 5.75 Å². The van der Waals surface area contributed by atoms with Gasteiger partial charge in [0.05, 0.1) is 19.3 Å². The highest BCUT2D eigenvalue weighted by Gasteiger charge is 2.55. The average molecular weight is 395 g/mol. The predicted molar refractivity (Wildman–Crippen MR) is 107 cm³/mol. The first-order valence-corrected chi connectivity index (χ1v) is 9.76. The molecule has 0 unspecified atom stereocenters. The molecule has 2 aliphatic rings. The van der Waals surface area contributed by atoms with Crippen LogP contribution in [0, 0.1) is 0 Å². The fraction of sp³-hybridized carbons (Fsp3) is 0.364. The normalized spacial score (nSPS) is 21.8. The monoisotopic (exact) mass is 395 g/mol. The minimum absolute atomic E-state index is 0.0471. The largest absolute Gasteiger partial charge is 0.493 e. The third-order valence-corrected chi connectivity index (χ3v) is 5.47. The number of urea groups is 1. The van der Waals surface area contributed by atoms with Crippen molar-refractivity contribution in [1.82, 2.24) is 15.1 Å². The van der Waals surface area contributed by atoms with Gasteiger partial charge in [0.1, 0.15) is 5.75 Å². The number of fused-ring (bicyclic) bond motifs is 2. The molecular formula is C22H25N3O4. The Bertz CT molecular complexity index is 904. The molecule has 29 heavy (non-hydrogen) atoms. The average Bonchev–Trinajstić information content (AvgIpc) is 2.94. The number of hydrogen-bond acceptors (Lipinski definition) is 5. The van der Waals surface area contributed by atoms with Crippen molar-refractivity contribution >= 4 is 11.9 Å². The lowest BCUT2D eigenvalue weighted by Gasteiger charge is -2.33. The minimum atomic E-state index is -1.11. The summed E-state index contributed by atoms with van der Waals surface area (Å²) in [5.41, 5.74) is 0.694. The van der Waals surface area contributed by atoms with Crippen LogP contribution in [0.25, 0.3) is 0 Å². The number of hydrogen-bond donors (Lipinski definition) is 2. The van der Waals surface area contributed by atoms with Gasteiger partial charge in [-0.2, -0.15) is 0 Å². The van der Waals surface area contributed by atoms with E-state index in [9.17, 15) is 14.7 Å². The van der Waals surface area contributed by atoms with Crippen LogP contribution in [-0.4, -0.2) is 59.7 Å². The number of para-hydroxylation sites is 1. The summed E-state index contributed by atoms with van der Waals surface area (Å²) in [6.45, 7) is 1.32. The summed E-state index contributed by atoms with van der Waals surface area (Å²) in [6.07, 6.45) is -0.474. The summed E-state index contributed by atoms with van der Waals surface area (Å²) >= 11 is 0. The number of carbonyl (C=O) groups is 2. The Kier molecular flexibility index (Phi) is 5.25. The summed E-state index contributed by atoms with van der Waals surface area (Å²) in [4.78, 5) is 28.9. The SMILES string of the molecule is CN(Cc1ccccc1)C[C@H](O)CN1C(=O)N[C@]2(CCOc3ccccc32)C1=O. The van der Waals surface area contributed by atoms with Crippen LogP contribution in [0.2, 0.25) is 0 Å². The number of ether oxygens (including phenoxy) is 1. The Morgan fingerprint density at radius 1 is 1.17 bits per heavy atom. The zero-order valence-corrected chi connectivity index (χ0v) is 16.4. The highest BCUT2D eigenvalue weighted by atomic mass is 16.5. The maximum atomic E-state index is 13.2. The van der Waals surface area contributed by atoms with Crippen LogP contribution in [0.3, 0.4) is 0 Å². The lowest BCUT2D eigenvalue weighted by molar-refractivity contribution is -0.133. The van der Waals surface area contributed by atoms with Crippen molar-refractivity contribution < 1.29 is 19.4 Å². The first kappa shape index (κ1) is 19.4. The maximum Gasteiger partial charge on any atom is 0.325 e. The molecule has 1 saturated heterocycles. The molecule has 4 rings (SSSR count). The molecule has 0 aromatic heterocycles. The lowest BCUT2D eigenvalue weighted by Crippen LogP contribution is -2.48. The zero-order chi connectivity index (χ0) is 20.4. The van der Waals surface area contributed by atoms with Gasteiger partial charge in [-0.15, -0.1) is 0 Å². The number of benzene rings is 2. The van der Waals surface area contributed by atoms with Crippen molar-refractivity contribution in [2.75, 3.05) is 26.7 Å². The van der Waals surface area contributed by atoms with Crippen LogP contribution >= 0.6 is 0 Å². The molecule has 7 heteroatoms. The number of aliphatic hydroxyl groups is 1.